The van der Waals surface area contributed by atoms with Crippen LogP contribution in [0, 0.1) is 6.92 Å². The first kappa shape index (κ1) is 13.7. The molecule has 1 aliphatic rings. The van der Waals surface area contributed by atoms with E-state index in [4.69, 9.17) is 5.73 Å². The van der Waals surface area contributed by atoms with Gasteiger partial charge in [-0.1, -0.05) is 0 Å². The van der Waals surface area contributed by atoms with Gasteiger partial charge >= 0.3 is 0 Å². The van der Waals surface area contributed by atoms with Crippen LogP contribution < -0.4 is 10.5 Å². The molecule has 0 bridgehead atoms. The van der Waals surface area contributed by atoms with Crippen LogP contribution in [-0.2, 0) is 0 Å². The van der Waals surface area contributed by atoms with Crippen LogP contribution in [0.2, 0.25) is 0 Å². The molecule has 4 heteroatoms. The molecule has 1 aromatic rings. The maximum Gasteiger partial charge on any atom is 0.0344 e. The highest BCUT2D eigenvalue weighted by Crippen LogP contribution is 2.21. The Morgan fingerprint density at radius 1 is 1.50 bits per heavy atom. The fraction of sp³-hybridized carbons (Fsp3) is 0.571. The zero-order valence-corrected chi connectivity index (χ0v) is 12.1. The summed E-state index contributed by atoms with van der Waals surface area (Å²) in [5.74, 6) is 0. The summed E-state index contributed by atoms with van der Waals surface area (Å²) in [6, 6.07) is 6.95. The second-order valence-electron chi connectivity index (χ2n) is 5.08. The van der Waals surface area contributed by atoms with Crippen molar-refractivity contribution >= 4 is 17.6 Å². The number of benzene rings is 1. The Kier molecular flexibility index (Phi) is 4.92. The zero-order chi connectivity index (χ0) is 13.0. The molecule has 18 heavy (non-hydrogen) atoms. The van der Waals surface area contributed by atoms with Crippen LogP contribution in [0.1, 0.15) is 24.8 Å². The fourth-order valence-corrected chi connectivity index (χ4v) is 3.17. The average molecular weight is 265 g/mol. The second kappa shape index (κ2) is 6.45. The number of aryl methyl sites for hydroxylation is 1. The molecule has 2 rings (SSSR count). The van der Waals surface area contributed by atoms with Gasteiger partial charge in [0.2, 0.25) is 0 Å². The summed E-state index contributed by atoms with van der Waals surface area (Å²) in [5.41, 5.74) is 7.82. The van der Waals surface area contributed by atoms with Gasteiger partial charge in [0.15, 0.2) is 0 Å². The van der Waals surface area contributed by atoms with E-state index in [0.717, 1.165) is 23.8 Å². The topological polar surface area (TPSA) is 41.3 Å². The summed E-state index contributed by atoms with van der Waals surface area (Å²) in [5, 5.41) is 0. The number of nitrogen functional groups attached to an aromatic ring is 1. The van der Waals surface area contributed by atoms with E-state index in [2.05, 4.69) is 28.8 Å². The van der Waals surface area contributed by atoms with Crippen molar-refractivity contribution in [1.29, 1.82) is 0 Å². The lowest BCUT2D eigenvalue weighted by Crippen LogP contribution is -2.27. The van der Waals surface area contributed by atoms with Gasteiger partial charge in [0.25, 0.3) is 0 Å². The minimum absolute atomic E-state index is 0.770. The first-order valence-electron chi connectivity index (χ1n) is 6.63. The van der Waals surface area contributed by atoms with Crippen LogP contribution >= 0.6 is 11.9 Å². The Hall–Kier alpha value is -0.710. The number of nitrogens with two attached hydrogens (primary N) is 1. The lowest BCUT2D eigenvalue weighted by Gasteiger charge is -2.19. The highest BCUT2D eigenvalue weighted by molar-refractivity contribution is 7.97. The van der Waals surface area contributed by atoms with Gasteiger partial charge in [-0.25, -0.2) is 0 Å². The van der Waals surface area contributed by atoms with Crippen molar-refractivity contribution in [2.24, 2.45) is 0 Å². The van der Waals surface area contributed by atoms with Crippen molar-refractivity contribution in [3.8, 4) is 0 Å². The minimum atomic E-state index is 0.770. The van der Waals surface area contributed by atoms with Gasteiger partial charge in [0, 0.05) is 23.2 Å². The summed E-state index contributed by atoms with van der Waals surface area (Å²) in [6.07, 6.45) is 3.94. The van der Waals surface area contributed by atoms with Crippen LogP contribution in [0.25, 0.3) is 0 Å². The van der Waals surface area contributed by atoms with Gasteiger partial charge in [-0.2, -0.15) is 0 Å². The molecule has 0 amide bonds. The smallest absolute Gasteiger partial charge is 0.0344 e. The second-order valence-corrected chi connectivity index (χ2v) is 6.04. The van der Waals surface area contributed by atoms with Gasteiger partial charge in [-0.05, 0) is 75.5 Å². The molecule has 0 radical (unpaired) electrons. The van der Waals surface area contributed by atoms with E-state index >= 15 is 0 Å². The quantitative estimate of drug-likeness (QED) is 0.488. The van der Waals surface area contributed by atoms with E-state index < -0.39 is 0 Å². The molecule has 1 heterocycles. The molecule has 1 unspecified atom stereocenters. The molecule has 0 aliphatic carbocycles. The summed E-state index contributed by atoms with van der Waals surface area (Å²) in [6.45, 7) is 4.37. The summed E-state index contributed by atoms with van der Waals surface area (Å²) in [4.78, 5) is 3.71. The number of rotatable bonds is 5. The minimum Gasteiger partial charge on any atom is -0.399 e. The average Bonchev–Trinajstić information content (AvgIpc) is 2.75. The molecule has 3 N–H and O–H groups in total. The molecular formula is C14H23N3S. The Bertz CT molecular complexity index is 395. The molecule has 0 spiro atoms. The Balaban J connectivity index is 1.70. The Morgan fingerprint density at radius 2 is 2.33 bits per heavy atom. The number of likely N-dealkylation sites (tertiary alicyclic amines) is 1. The third-order valence-electron chi connectivity index (χ3n) is 3.68. The van der Waals surface area contributed by atoms with Crippen molar-refractivity contribution in [2.45, 2.75) is 37.1 Å². The molecule has 1 atom stereocenters. The maximum absolute atomic E-state index is 5.81. The Morgan fingerprint density at radius 3 is 3.00 bits per heavy atom. The van der Waals surface area contributed by atoms with Crippen molar-refractivity contribution in [3.05, 3.63) is 23.8 Å². The normalized spacial score (nSPS) is 20.4. The standard InChI is InChI=1S/C14H23N3S/c1-11-10-13(5-6-14(11)15)18-16-8-7-12-4-3-9-17(12)2/h5-6,10,12,16H,3-4,7-9,15H2,1-2H3. The van der Waals surface area contributed by atoms with Crippen LogP contribution in [0.5, 0.6) is 0 Å². The van der Waals surface area contributed by atoms with Gasteiger partial charge in [0.05, 0.1) is 0 Å². The van der Waals surface area contributed by atoms with Gasteiger partial charge in [-0.3, -0.25) is 4.72 Å². The van der Waals surface area contributed by atoms with Crippen LogP contribution in [-0.4, -0.2) is 31.1 Å². The number of anilines is 1. The Labute approximate surface area is 114 Å². The van der Waals surface area contributed by atoms with Crippen LogP contribution in [0.3, 0.4) is 0 Å². The third kappa shape index (κ3) is 3.64. The predicted molar refractivity (Wildman–Crippen MR) is 79.7 cm³/mol. The SMILES string of the molecule is Cc1cc(SNCCC2CCCN2C)ccc1N. The van der Waals surface area contributed by atoms with E-state index in [0.29, 0.717) is 0 Å². The van der Waals surface area contributed by atoms with E-state index in [9.17, 15) is 0 Å². The number of nitrogens with zero attached hydrogens (tertiary/aromatic N) is 1. The zero-order valence-electron chi connectivity index (χ0n) is 11.3. The highest BCUT2D eigenvalue weighted by Gasteiger charge is 2.19. The van der Waals surface area contributed by atoms with Crippen LogP contribution in [0.4, 0.5) is 5.69 Å². The van der Waals surface area contributed by atoms with Crippen molar-refractivity contribution in [1.82, 2.24) is 9.62 Å². The number of hydrogen-bond acceptors (Lipinski definition) is 4. The number of hydrogen-bond donors (Lipinski definition) is 2. The van der Waals surface area contributed by atoms with E-state index in [1.54, 1.807) is 11.9 Å². The lowest BCUT2D eigenvalue weighted by atomic mass is 10.1. The largest absolute Gasteiger partial charge is 0.399 e. The number of nitrogens with one attached hydrogen (secondary N) is 1. The van der Waals surface area contributed by atoms with E-state index in [-0.39, 0.29) is 0 Å². The van der Waals surface area contributed by atoms with Crippen molar-refractivity contribution in [2.75, 3.05) is 25.9 Å². The van der Waals surface area contributed by atoms with Gasteiger partial charge in [0.1, 0.15) is 0 Å². The molecule has 1 fully saturated rings. The van der Waals surface area contributed by atoms with Gasteiger partial charge < -0.3 is 10.6 Å². The summed E-state index contributed by atoms with van der Waals surface area (Å²) < 4.78 is 3.44. The van der Waals surface area contributed by atoms with Gasteiger partial charge in [-0.15, -0.1) is 0 Å². The molecule has 0 saturated carbocycles. The molecule has 3 nitrogen and oxygen atoms in total. The molecule has 100 valence electrons. The molecule has 1 saturated heterocycles. The van der Waals surface area contributed by atoms with Crippen LogP contribution in [0.15, 0.2) is 23.1 Å². The van der Waals surface area contributed by atoms with E-state index in [1.165, 1.54) is 30.7 Å². The molecule has 0 aromatic heterocycles. The predicted octanol–water partition coefficient (Wildman–Crippen LogP) is 2.66. The molecule has 1 aliphatic heterocycles. The first-order valence-corrected chi connectivity index (χ1v) is 7.44. The van der Waals surface area contributed by atoms with E-state index in [1.807, 2.05) is 13.0 Å². The fourth-order valence-electron chi connectivity index (χ4n) is 2.42. The maximum atomic E-state index is 5.81. The first-order chi connectivity index (χ1) is 8.66. The van der Waals surface area contributed by atoms with Crippen molar-refractivity contribution in [3.63, 3.8) is 0 Å². The third-order valence-corrected chi connectivity index (χ3v) is 4.52. The molecule has 1 aromatic carbocycles. The molecular weight excluding hydrogens is 242 g/mol. The van der Waals surface area contributed by atoms with Crippen molar-refractivity contribution < 1.29 is 0 Å². The lowest BCUT2D eigenvalue weighted by molar-refractivity contribution is 0.298. The summed E-state index contributed by atoms with van der Waals surface area (Å²) >= 11 is 1.70. The monoisotopic (exact) mass is 265 g/mol. The summed E-state index contributed by atoms with van der Waals surface area (Å²) in [7, 11) is 2.23. The highest BCUT2D eigenvalue weighted by atomic mass is 32.2.